The van der Waals surface area contributed by atoms with Gasteiger partial charge in [-0.15, -0.1) is 0 Å². The number of ketones is 1. The van der Waals surface area contributed by atoms with Crippen LogP contribution in [0.15, 0.2) is 40.6 Å². The van der Waals surface area contributed by atoms with Crippen LogP contribution in [0, 0.1) is 6.92 Å². The van der Waals surface area contributed by atoms with E-state index < -0.39 is 0 Å². The zero-order valence-corrected chi connectivity index (χ0v) is 11.5. The van der Waals surface area contributed by atoms with Crippen molar-refractivity contribution in [2.45, 2.75) is 13.3 Å². The monoisotopic (exact) mass is 270 g/mol. The molecule has 0 fully saturated rings. The SMILES string of the molecule is Cc1cccc2c1OCCC(=Cc1ccsc1)C2=O. The third-order valence-electron chi connectivity index (χ3n) is 3.25. The molecule has 1 aromatic carbocycles. The maximum atomic E-state index is 12.6. The van der Waals surface area contributed by atoms with Crippen molar-refractivity contribution in [3.8, 4) is 5.75 Å². The Balaban J connectivity index is 2.05. The Morgan fingerprint density at radius 1 is 1.32 bits per heavy atom. The Morgan fingerprint density at radius 2 is 2.21 bits per heavy atom. The van der Waals surface area contributed by atoms with Gasteiger partial charge in [-0.1, -0.05) is 12.1 Å². The van der Waals surface area contributed by atoms with Gasteiger partial charge in [0.05, 0.1) is 12.2 Å². The summed E-state index contributed by atoms with van der Waals surface area (Å²) in [5, 5.41) is 4.06. The van der Waals surface area contributed by atoms with Gasteiger partial charge in [0.1, 0.15) is 5.75 Å². The number of fused-ring (bicyclic) bond motifs is 1. The summed E-state index contributed by atoms with van der Waals surface area (Å²) in [6.45, 7) is 2.53. The summed E-state index contributed by atoms with van der Waals surface area (Å²) < 4.78 is 5.74. The first-order valence-electron chi connectivity index (χ1n) is 6.25. The van der Waals surface area contributed by atoms with Gasteiger partial charge < -0.3 is 4.74 Å². The summed E-state index contributed by atoms with van der Waals surface area (Å²) in [5.41, 5.74) is 3.61. The first-order chi connectivity index (χ1) is 9.25. The number of hydrogen-bond donors (Lipinski definition) is 0. The van der Waals surface area contributed by atoms with Gasteiger partial charge in [-0.3, -0.25) is 4.79 Å². The van der Waals surface area contributed by atoms with Crippen molar-refractivity contribution in [2.75, 3.05) is 6.61 Å². The zero-order valence-electron chi connectivity index (χ0n) is 10.7. The molecule has 3 heteroatoms. The van der Waals surface area contributed by atoms with Crippen molar-refractivity contribution in [1.82, 2.24) is 0 Å². The number of benzene rings is 1. The minimum atomic E-state index is 0.0856. The molecule has 0 radical (unpaired) electrons. The molecule has 0 amide bonds. The molecule has 0 N–H and O–H groups in total. The topological polar surface area (TPSA) is 26.3 Å². The maximum absolute atomic E-state index is 12.6. The Labute approximate surface area is 116 Å². The van der Waals surface area contributed by atoms with Crippen LogP contribution in [-0.4, -0.2) is 12.4 Å². The molecule has 3 rings (SSSR count). The molecule has 1 aromatic heterocycles. The molecule has 2 aromatic rings. The van der Waals surface area contributed by atoms with Gasteiger partial charge in [-0.2, -0.15) is 11.3 Å². The Hall–Kier alpha value is -1.87. The highest BCUT2D eigenvalue weighted by atomic mass is 32.1. The van der Waals surface area contributed by atoms with E-state index >= 15 is 0 Å². The molecule has 0 saturated carbocycles. The number of thiophene rings is 1. The van der Waals surface area contributed by atoms with E-state index in [-0.39, 0.29) is 5.78 Å². The van der Waals surface area contributed by atoms with Gasteiger partial charge in [0, 0.05) is 12.0 Å². The molecule has 96 valence electrons. The van der Waals surface area contributed by atoms with Gasteiger partial charge in [-0.25, -0.2) is 0 Å². The average Bonchev–Trinajstić information content (AvgIpc) is 2.85. The van der Waals surface area contributed by atoms with Crippen LogP contribution in [0.3, 0.4) is 0 Å². The zero-order chi connectivity index (χ0) is 13.2. The Morgan fingerprint density at radius 3 is 3.00 bits per heavy atom. The first-order valence-corrected chi connectivity index (χ1v) is 7.20. The minimum absolute atomic E-state index is 0.0856. The smallest absolute Gasteiger partial charge is 0.192 e. The second kappa shape index (κ2) is 5.02. The largest absolute Gasteiger partial charge is 0.492 e. The highest BCUT2D eigenvalue weighted by Gasteiger charge is 2.22. The molecule has 1 aliphatic heterocycles. The van der Waals surface area contributed by atoms with Gasteiger partial charge in [0.25, 0.3) is 0 Å². The number of carbonyl (C=O) groups excluding carboxylic acids is 1. The van der Waals surface area contributed by atoms with E-state index in [0.717, 1.165) is 22.4 Å². The lowest BCUT2D eigenvalue weighted by molar-refractivity contribution is 0.103. The lowest BCUT2D eigenvalue weighted by Crippen LogP contribution is -2.02. The lowest BCUT2D eigenvalue weighted by Gasteiger charge is -2.08. The van der Waals surface area contributed by atoms with Crippen LogP contribution in [-0.2, 0) is 0 Å². The fourth-order valence-corrected chi connectivity index (χ4v) is 2.89. The third-order valence-corrected chi connectivity index (χ3v) is 3.95. The lowest BCUT2D eigenvalue weighted by atomic mass is 9.98. The molecule has 0 saturated heterocycles. The second-order valence-corrected chi connectivity index (χ2v) is 5.39. The Kier molecular flexibility index (Phi) is 3.22. The molecule has 0 spiro atoms. The second-order valence-electron chi connectivity index (χ2n) is 4.61. The highest BCUT2D eigenvalue weighted by Crippen LogP contribution is 2.30. The van der Waals surface area contributed by atoms with E-state index in [4.69, 9.17) is 4.74 Å². The summed E-state index contributed by atoms with van der Waals surface area (Å²) >= 11 is 1.64. The van der Waals surface area contributed by atoms with Crippen molar-refractivity contribution in [1.29, 1.82) is 0 Å². The van der Waals surface area contributed by atoms with Crippen LogP contribution in [0.25, 0.3) is 6.08 Å². The summed E-state index contributed by atoms with van der Waals surface area (Å²) in [7, 11) is 0. The van der Waals surface area contributed by atoms with Crippen LogP contribution in [0.2, 0.25) is 0 Å². The van der Waals surface area contributed by atoms with Crippen molar-refractivity contribution in [3.05, 3.63) is 57.3 Å². The van der Waals surface area contributed by atoms with Crippen LogP contribution < -0.4 is 4.74 Å². The predicted octanol–water partition coefficient (Wildman–Crippen LogP) is 4.11. The van der Waals surface area contributed by atoms with Gasteiger partial charge >= 0.3 is 0 Å². The summed E-state index contributed by atoms with van der Waals surface area (Å²) in [6.07, 6.45) is 2.63. The maximum Gasteiger partial charge on any atom is 0.192 e. The number of Topliss-reactive ketones (excluding diaryl/α,β-unsaturated/α-hetero) is 1. The molecular formula is C16H14O2S. The van der Waals surface area contributed by atoms with Gasteiger partial charge in [-0.05, 0) is 47.0 Å². The molecular weight excluding hydrogens is 256 g/mol. The van der Waals surface area contributed by atoms with E-state index in [1.807, 2.05) is 48.0 Å². The third kappa shape index (κ3) is 2.34. The molecule has 19 heavy (non-hydrogen) atoms. The van der Waals surface area contributed by atoms with Crippen molar-refractivity contribution < 1.29 is 9.53 Å². The van der Waals surface area contributed by atoms with Crippen LogP contribution >= 0.6 is 11.3 Å². The normalized spacial score (nSPS) is 16.9. The molecule has 1 aliphatic rings. The molecule has 0 bridgehead atoms. The molecule has 0 atom stereocenters. The van der Waals surface area contributed by atoms with Crippen LogP contribution in [0.4, 0.5) is 0 Å². The Bertz CT molecular complexity index is 639. The van der Waals surface area contributed by atoms with E-state index in [2.05, 4.69) is 0 Å². The van der Waals surface area contributed by atoms with Crippen molar-refractivity contribution in [3.63, 3.8) is 0 Å². The number of rotatable bonds is 1. The summed E-state index contributed by atoms with van der Waals surface area (Å²) in [5.74, 6) is 0.823. The fraction of sp³-hybridized carbons (Fsp3) is 0.188. The fourth-order valence-electron chi connectivity index (χ4n) is 2.27. The number of para-hydroxylation sites is 1. The van der Waals surface area contributed by atoms with Crippen molar-refractivity contribution in [2.24, 2.45) is 0 Å². The minimum Gasteiger partial charge on any atom is -0.492 e. The van der Waals surface area contributed by atoms with Crippen LogP contribution in [0.1, 0.15) is 27.9 Å². The van der Waals surface area contributed by atoms with Crippen molar-refractivity contribution >= 4 is 23.2 Å². The molecule has 0 aliphatic carbocycles. The number of hydrogen-bond acceptors (Lipinski definition) is 3. The van der Waals surface area contributed by atoms with E-state index in [9.17, 15) is 4.79 Å². The summed E-state index contributed by atoms with van der Waals surface area (Å²) in [6, 6.07) is 7.74. The van der Waals surface area contributed by atoms with Gasteiger partial charge in [0.15, 0.2) is 5.78 Å². The number of carbonyl (C=O) groups is 1. The van der Waals surface area contributed by atoms with E-state index in [1.165, 1.54) is 0 Å². The quantitative estimate of drug-likeness (QED) is 0.729. The average molecular weight is 270 g/mol. The molecule has 2 nitrogen and oxygen atoms in total. The predicted molar refractivity (Wildman–Crippen MR) is 77.9 cm³/mol. The molecule has 0 unspecified atom stereocenters. The molecule has 2 heterocycles. The van der Waals surface area contributed by atoms with E-state index in [1.54, 1.807) is 11.3 Å². The standard InChI is InChI=1S/C16H14O2S/c1-11-3-2-4-14-15(17)13(5-7-18-16(11)14)9-12-6-8-19-10-12/h2-4,6,8-10H,5,7H2,1H3. The highest BCUT2D eigenvalue weighted by molar-refractivity contribution is 7.08. The van der Waals surface area contributed by atoms with Crippen LogP contribution in [0.5, 0.6) is 5.75 Å². The number of ether oxygens (including phenoxy) is 1. The number of aryl methyl sites for hydroxylation is 1. The van der Waals surface area contributed by atoms with Gasteiger partial charge in [0.2, 0.25) is 0 Å². The first kappa shape index (κ1) is 12.2. The summed E-state index contributed by atoms with van der Waals surface area (Å²) in [4.78, 5) is 12.6. The van der Waals surface area contributed by atoms with E-state index in [0.29, 0.717) is 18.6 Å².